The summed E-state index contributed by atoms with van der Waals surface area (Å²) in [4.78, 5) is 11.6. The van der Waals surface area contributed by atoms with Gasteiger partial charge in [0.2, 0.25) is 5.78 Å². The third kappa shape index (κ3) is 2.65. The number of ketones is 1. The van der Waals surface area contributed by atoms with Crippen molar-refractivity contribution in [3.05, 3.63) is 47.8 Å². The second-order valence-electron chi connectivity index (χ2n) is 4.87. The Balaban J connectivity index is 2.47. The quantitative estimate of drug-likeness (QED) is 0.609. The fraction of sp³-hybridized carbons (Fsp3) is 0.286. The average molecular weight is 354 g/mol. The van der Waals surface area contributed by atoms with Gasteiger partial charge in [-0.25, -0.2) is 4.68 Å². The first-order chi connectivity index (χ1) is 10.9. The first-order valence-electron chi connectivity index (χ1n) is 6.38. The molecule has 0 aliphatic rings. The molecule has 0 radical (unpaired) electrons. The predicted molar refractivity (Wildman–Crippen MR) is 68.6 cm³/mol. The van der Waals surface area contributed by atoms with Crippen LogP contribution in [0.15, 0.2) is 36.5 Å². The number of rotatable bonds is 4. The summed E-state index contributed by atoms with van der Waals surface area (Å²) in [6.07, 6.45) is -6.04. The molecule has 130 valence electrons. The summed E-state index contributed by atoms with van der Waals surface area (Å²) in [7, 11) is 0. The van der Waals surface area contributed by atoms with Crippen molar-refractivity contribution in [3.63, 3.8) is 0 Å². The van der Waals surface area contributed by atoms with E-state index in [0.717, 1.165) is 11.6 Å². The van der Waals surface area contributed by atoms with Crippen LogP contribution >= 0.6 is 0 Å². The minimum absolute atomic E-state index is 0.288. The second-order valence-corrected chi connectivity index (χ2v) is 4.87. The lowest BCUT2D eigenvalue weighted by atomic mass is 10.0. The Kier molecular flexibility index (Phi) is 4.19. The first kappa shape index (κ1) is 18.0. The van der Waals surface area contributed by atoms with Gasteiger partial charge in [-0.15, -0.1) is 0 Å². The molecule has 0 atom stereocenters. The number of benzene rings is 1. The van der Waals surface area contributed by atoms with Gasteiger partial charge in [-0.3, -0.25) is 4.79 Å². The molecule has 24 heavy (non-hydrogen) atoms. The highest BCUT2D eigenvalue weighted by atomic mass is 19.4. The summed E-state index contributed by atoms with van der Waals surface area (Å²) in [5.74, 6) is -15.1. The summed E-state index contributed by atoms with van der Waals surface area (Å²) in [5, 5.41) is 3.60. The van der Waals surface area contributed by atoms with E-state index in [9.17, 15) is 35.5 Å². The van der Waals surface area contributed by atoms with E-state index in [2.05, 4.69) is 5.10 Å². The van der Waals surface area contributed by atoms with E-state index in [0.29, 0.717) is 11.9 Å². The van der Waals surface area contributed by atoms with Crippen molar-refractivity contribution in [2.75, 3.05) is 0 Å². The number of hydrogen-bond acceptors (Lipinski definition) is 2. The molecule has 3 nitrogen and oxygen atoms in total. The summed E-state index contributed by atoms with van der Waals surface area (Å²) < 4.78 is 90.5. The van der Waals surface area contributed by atoms with Crippen molar-refractivity contribution in [2.24, 2.45) is 0 Å². The normalized spacial score (nSPS) is 13.2. The van der Waals surface area contributed by atoms with E-state index in [1.54, 1.807) is 18.2 Å². The number of aromatic nitrogens is 2. The molecular formula is C14H9F7N2O. The number of Topliss-reactive ketones (excluding diaryl/α,β-unsaturated/α-hetero) is 1. The molecule has 0 saturated carbocycles. The van der Waals surface area contributed by atoms with Crippen LogP contribution in [0.4, 0.5) is 30.7 Å². The van der Waals surface area contributed by atoms with E-state index < -0.39 is 29.4 Å². The molecule has 0 unspecified atom stereocenters. The van der Waals surface area contributed by atoms with E-state index in [1.165, 1.54) is 12.1 Å². The fourth-order valence-electron chi connectivity index (χ4n) is 1.95. The summed E-state index contributed by atoms with van der Waals surface area (Å²) in [5.41, 5.74) is -0.989. The summed E-state index contributed by atoms with van der Waals surface area (Å²) in [6.45, 7) is 1.11. The van der Waals surface area contributed by atoms with Crippen LogP contribution in [0.2, 0.25) is 0 Å². The van der Waals surface area contributed by atoms with Crippen molar-refractivity contribution in [2.45, 2.75) is 24.9 Å². The van der Waals surface area contributed by atoms with Gasteiger partial charge in [-0.1, -0.05) is 18.2 Å². The van der Waals surface area contributed by atoms with Crippen LogP contribution in [0, 0.1) is 6.92 Å². The minimum Gasteiger partial charge on any atom is -0.287 e. The standard InChI is InChI=1S/C14H9F7N2O/c1-8-10(7-22-23(8)9-5-3-2-4-6-9)11(24)12(15,16)13(17,18)14(19,20)21/h2-7H,1H3. The van der Waals surface area contributed by atoms with Gasteiger partial charge >= 0.3 is 18.0 Å². The molecule has 10 heteroatoms. The molecule has 1 aromatic carbocycles. The molecule has 0 aliphatic heterocycles. The van der Waals surface area contributed by atoms with Gasteiger partial charge in [0.15, 0.2) is 0 Å². The lowest BCUT2D eigenvalue weighted by Gasteiger charge is -2.26. The Hall–Kier alpha value is -2.39. The Morgan fingerprint density at radius 1 is 1.00 bits per heavy atom. The van der Waals surface area contributed by atoms with Gasteiger partial charge in [0, 0.05) is 0 Å². The maximum absolute atomic E-state index is 13.5. The number of halogens is 7. The lowest BCUT2D eigenvalue weighted by Crippen LogP contribution is -2.56. The van der Waals surface area contributed by atoms with Gasteiger partial charge in [0.05, 0.1) is 23.1 Å². The Morgan fingerprint density at radius 3 is 2.04 bits per heavy atom. The Bertz CT molecular complexity index is 750. The number of nitrogens with zero attached hydrogens (tertiary/aromatic N) is 2. The largest absolute Gasteiger partial charge is 0.460 e. The third-order valence-corrected chi connectivity index (χ3v) is 3.29. The SMILES string of the molecule is Cc1c(C(=O)C(F)(F)C(F)(F)C(F)(F)F)cnn1-c1ccccc1. The molecule has 2 rings (SSSR count). The van der Waals surface area contributed by atoms with E-state index in [1.807, 2.05) is 0 Å². The zero-order chi connectivity index (χ0) is 18.3. The van der Waals surface area contributed by atoms with Crippen LogP contribution in [-0.2, 0) is 0 Å². The Morgan fingerprint density at radius 2 is 1.54 bits per heavy atom. The van der Waals surface area contributed by atoms with Gasteiger partial charge in [0.1, 0.15) is 0 Å². The first-order valence-corrected chi connectivity index (χ1v) is 6.38. The fourth-order valence-corrected chi connectivity index (χ4v) is 1.95. The highest BCUT2D eigenvalue weighted by Gasteiger charge is 2.76. The molecule has 0 fully saturated rings. The van der Waals surface area contributed by atoms with Crippen LogP contribution < -0.4 is 0 Å². The van der Waals surface area contributed by atoms with Crippen molar-refractivity contribution in [1.29, 1.82) is 0 Å². The zero-order valence-electron chi connectivity index (χ0n) is 11.9. The highest BCUT2D eigenvalue weighted by molar-refractivity contribution is 6.03. The topological polar surface area (TPSA) is 34.9 Å². The van der Waals surface area contributed by atoms with E-state index >= 15 is 0 Å². The van der Waals surface area contributed by atoms with Crippen LogP contribution in [0.5, 0.6) is 0 Å². The monoisotopic (exact) mass is 354 g/mol. The summed E-state index contributed by atoms with van der Waals surface area (Å²) in [6, 6.07) is 7.72. The smallest absolute Gasteiger partial charge is 0.287 e. The molecule has 2 aromatic rings. The summed E-state index contributed by atoms with van der Waals surface area (Å²) >= 11 is 0. The number of alkyl halides is 7. The molecule has 0 amide bonds. The zero-order valence-corrected chi connectivity index (χ0v) is 11.9. The molecule has 0 saturated heterocycles. The molecule has 0 bridgehead atoms. The van der Waals surface area contributed by atoms with Crippen LogP contribution in [0.3, 0.4) is 0 Å². The second kappa shape index (κ2) is 5.60. The van der Waals surface area contributed by atoms with Crippen molar-refractivity contribution in [3.8, 4) is 5.69 Å². The third-order valence-electron chi connectivity index (χ3n) is 3.29. The molecule has 1 aromatic heterocycles. The maximum Gasteiger partial charge on any atom is 0.460 e. The molecule has 0 spiro atoms. The predicted octanol–water partition coefficient (Wildman–Crippen LogP) is 4.20. The highest BCUT2D eigenvalue weighted by Crippen LogP contribution is 2.48. The Labute approximate surface area is 130 Å². The average Bonchev–Trinajstić information content (AvgIpc) is 2.87. The van der Waals surface area contributed by atoms with Crippen LogP contribution in [-0.4, -0.2) is 33.6 Å². The maximum atomic E-state index is 13.5. The number of carbonyl (C=O) groups is 1. The number of hydrogen-bond donors (Lipinski definition) is 0. The number of carbonyl (C=O) groups excluding carboxylic acids is 1. The van der Waals surface area contributed by atoms with Crippen molar-refractivity contribution in [1.82, 2.24) is 9.78 Å². The van der Waals surface area contributed by atoms with Crippen molar-refractivity contribution >= 4 is 5.78 Å². The van der Waals surface area contributed by atoms with E-state index in [4.69, 9.17) is 0 Å². The molecule has 1 heterocycles. The van der Waals surface area contributed by atoms with Gasteiger partial charge < -0.3 is 0 Å². The molecule has 0 aliphatic carbocycles. The van der Waals surface area contributed by atoms with Gasteiger partial charge in [-0.2, -0.15) is 35.8 Å². The van der Waals surface area contributed by atoms with Crippen molar-refractivity contribution < 1.29 is 35.5 Å². The van der Waals surface area contributed by atoms with Gasteiger partial charge in [-0.05, 0) is 19.1 Å². The lowest BCUT2D eigenvalue weighted by molar-refractivity contribution is -0.339. The molecule has 0 N–H and O–H groups in total. The molecular weight excluding hydrogens is 345 g/mol. The number of para-hydroxylation sites is 1. The van der Waals surface area contributed by atoms with Crippen LogP contribution in [0.1, 0.15) is 16.1 Å². The van der Waals surface area contributed by atoms with E-state index in [-0.39, 0.29) is 5.69 Å². The van der Waals surface area contributed by atoms with Gasteiger partial charge in [0.25, 0.3) is 0 Å². The van der Waals surface area contributed by atoms with Crippen LogP contribution in [0.25, 0.3) is 5.69 Å². The minimum atomic E-state index is -6.57.